The molecule has 0 spiro atoms. The molecule has 0 aliphatic heterocycles. The lowest BCUT2D eigenvalue weighted by Crippen LogP contribution is -2.38. The number of carbonyl (C=O) groups is 2. The Hall–Kier alpha value is -1.64. The summed E-state index contributed by atoms with van der Waals surface area (Å²) in [5.41, 5.74) is 2.78. The van der Waals surface area contributed by atoms with Crippen LogP contribution in [-0.4, -0.2) is 18.4 Å². The van der Waals surface area contributed by atoms with E-state index >= 15 is 0 Å². The van der Waals surface area contributed by atoms with Crippen molar-refractivity contribution in [1.29, 1.82) is 0 Å². The Balaban J connectivity index is 2.48. The van der Waals surface area contributed by atoms with Gasteiger partial charge in [-0.25, -0.2) is 0 Å². The molecule has 0 bridgehead atoms. The van der Waals surface area contributed by atoms with Gasteiger partial charge in [0.15, 0.2) is 5.78 Å². The first kappa shape index (κ1) is 13.8. The maximum atomic E-state index is 11.9. The SMILES string of the molecule is C=CC1=CCCC2=C(C)C(=O)CC[C@]12COC(C)=O. The third kappa shape index (κ3) is 2.29. The minimum absolute atomic E-state index is 0.221. The van der Waals surface area contributed by atoms with E-state index in [-0.39, 0.29) is 17.2 Å². The van der Waals surface area contributed by atoms with Gasteiger partial charge in [0.05, 0.1) is 5.41 Å². The van der Waals surface area contributed by atoms with Gasteiger partial charge in [0.2, 0.25) is 0 Å². The van der Waals surface area contributed by atoms with E-state index in [0.717, 1.165) is 29.6 Å². The molecule has 0 unspecified atom stereocenters. The van der Waals surface area contributed by atoms with E-state index in [2.05, 4.69) is 12.7 Å². The second kappa shape index (κ2) is 5.16. The summed E-state index contributed by atoms with van der Waals surface area (Å²) in [6.07, 6.45) is 7.01. The van der Waals surface area contributed by atoms with Crippen molar-refractivity contribution in [3.05, 3.63) is 35.5 Å². The lowest BCUT2D eigenvalue weighted by molar-refractivity contribution is -0.143. The summed E-state index contributed by atoms with van der Waals surface area (Å²) in [6.45, 7) is 7.51. The minimum atomic E-state index is -0.316. The van der Waals surface area contributed by atoms with Crippen LogP contribution in [-0.2, 0) is 14.3 Å². The van der Waals surface area contributed by atoms with Crippen molar-refractivity contribution in [3.63, 3.8) is 0 Å². The van der Waals surface area contributed by atoms with E-state index in [1.165, 1.54) is 6.92 Å². The fraction of sp³-hybridized carbons (Fsp3) is 0.500. The molecule has 2 aliphatic carbocycles. The molecule has 0 aromatic carbocycles. The van der Waals surface area contributed by atoms with Crippen LogP contribution in [0.5, 0.6) is 0 Å². The molecule has 0 amide bonds. The van der Waals surface area contributed by atoms with Gasteiger partial charge >= 0.3 is 5.97 Å². The molecular weight excluding hydrogens is 240 g/mol. The van der Waals surface area contributed by atoms with Crippen molar-refractivity contribution in [3.8, 4) is 0 Å². The van der Waals surface area contributed by atoms with Crippen molar-refractivity contribution in [1.82, 2.24) is 0 Å². The lowest BCUT2D eigenvalue weighted by atomic mass is 9.62. The van der Waals surface area contributed by atoms with Gasteiger partial charge in [0, 0.05) is 13.3 Å². The first-order valence-corrected chi connectivity index (χ1v) is 6.71. The van der Waals surface area contributed by atoms with E-state index in [4.69, 9.17) is 4.74 Å². The quantitative estimate of drug-likeness (QED) is 0.732. The van der Waals surface area contributed by atoms with Gasteiger partial charge in [-0.1, -0.05) is 18.7 Å². The highest BCUT2D eigenvalue weighted by atomic mass is 16.5. The summed E-state index contributed by atoms with van der Waals surface area (Å²) in [4.78, 5) is 23.1. The Kier molecular flexibility index (Phi) is 3.74. The van der Waals surface area contributed by atoms with Gasteiger partial charge in [-0.2, -0.15) is 0 Å². The van der Waals surface area contributed by atoms with Gasteiger partial charge in [0.1, 0.15) is 6.61 Å². The number of hydrogen-bond donors (Lipinski definition) is 0. The van der Waals surface area contributed by atoms with Crippen molar-refractivity contribution in [2.45, 2.75) is 39.5 Å². The normalized spacial score (nSPS) is 26.6. The zero-order valence-corrected chi connectivity index (χ0v) is 11.6. The molecule has 0 heterocycles. The molecule has 0 aromatic rings. The average molecular weight is 260 g/mol. The van der Waals surface area contributed by atoms with Crippen LogP contribution in [0.1, 0.15) is 39.5 Å². The van der Waals surface area contributed by atoms with Crippen LogP contribution in [0.4, 0.5) is 0 Å². The van der Waals surface area contributed by atoms with Crippen LogP contribution >= 0.6 is 0 Å². The molecule has 0 saturated heterocycles. The lowest BCUT2D eigenvalue weighted by Gasteiger charge is -2.43. The highest BCUT2D eigenvalue weighted by Gasteiger charge is 2.44. The van der Waals surface area contributed by atoms with Crippen molar-refractivity contribution in [2.24, 2.45) is 5.41 Å². The number of Topliss-reactive ketones (excluding diaryl/α,β-unsaturated/α-hetero) is 1. The number of ether oxygens (including phenoxy) is 1. The standard InChI is InChI=1S/C16H20O3/c1-4-13-6-5-7-14-11(2)15(18)8-9-16(13,14)10-19-12(3)17/h4,6H,1,5,7-10H2,2-3H3/t16-/m0/s1. The van der Waals surface area contributed by atoms with Gasteiger partial charge in [-0.15, -0.1) is 0 Å². The minimum Gasteiger partial charge on any atom is -0.465 e. The van der Waals surface area contributed by atoms with E-state index in [1.54, 1.807) is 0 Å². The highest BCUT2D eigenvalue weighted by Crippen LogP contribution is 2.50. The third-order valence-corrected chi connectivity index (χ3v) is 4.28. The number of fused-ring (bicyclic) bond motifs is 1. The number of hydrogen-bond acceptors (Lipinski definition) is 3. The Morgan fingerprint density at radius 2 is 2.26 bits per heavy atom. The van der Waals surface area contributed by atoms with Crippen LogP contribution in [0.3, 0.4) is 0 Å². The third-order valence-electron chi connectivity index (χ3n) is 4.28. The Bertz CT molecular complexity index is 496. The van der Waals surface area contributed by atoms with Crippen LogP contribution in [0, 0.1) is 5.41 Å². The van der Waals surface area contributed by atoms with E-state index in [0.29, 0.717) is 19.4 Å². The Morgan fingerprint density at radius 3 is 2.89 bits per heavy atom. The molecule has 102 valence electrons. The largest absolute Gasteiger partial charge is 0.465 e. The Labute approximate surface area is 114 Å². The first-order valence-electron chi connectivity index (χ1n) is 6.71. The number of allylic oxidation sites excluding steroid dienone is 3. The average Bonchev–Trinajstić information content (AvgIpc) is 2.40. The summed E-state index contributed by atoms with van der Waals surface area (Å²) in [5, 5.41) is 0. The topological polar surface area (TPSA) is 43.4 Å². The number of ketones is 1. The number of rotatable bonds is 3. The van der Waals surface area contributed by atoms with E-state index in [1.807, 2.05) is 13.0 Å². The van der Waals surface area contributed by atoms with Gasteiger partial charge in [-0.05, 0) is 42.9 Å². The zero-order valence-electron chi connectivity index (χ0n) is 11.6. The van der Waals surface area contributed by atoms with Gasteiger partial charge in [0.25, 0.3) is 0 Å². The molecule has 2 rings (SSSR count). The summed E-state index contributed by atoms with van der Waals surface area (Å²) in [7, 11) is 0. The second-order valence-corrected chi connectivity index (χ2v) is 5.29. The summed E-state index contributed by atoms with van der Waals surface area (Å²) in [5.74, 6) is -0.0592. The van der Waals surface area contributed by atoms with Gasteiger partial charge in [-0.3, -0.25) is 9.59 Å². The molecule has 0 saturated carbocycles. The van der Waals surface area contributed by atoms with E-state index < -0.39 is 0 Å². The molecular formula is C16H20O3. The molecule has 19 heavy (non-hydrogen) atoms. The summed E-state index contributed by atoms with van der Waals surface area (Å²) < 4.78 is 5.28. The van der Waals surface area contributed by atoms with Crippen molar-refractivity contribution in [2.75, 3.05) is 6.61 Å². The van der Waals surface area contributed by atoms with Crippen LogP contribution in [0.25, 0.3) is 0 Å². The molecule has 3 heteroatoms. The second-order valence-electron chi connectivity index (χ2n) is 5.29. The van der Waals surface area contributed by atoms with Crippen LogP contribution < -0.4 is 0 Å². The molecule has 0 fully saturated rings. The van der Waals surface area contributed by atoms with Crippen molar-refractivity contribution < 1.29 is 14.3 Å². The predicted molar refractivity (Wildman–Crippen MR) is 73.5 cm³/mol. The Morgan fingerprint density at radius 1 is 1.53 bits per heavy atom. The maximum Gasteiger partial charge on any atom is 0.302 e. The van der Waals surface area contributed by atoms with E-state index in [9.17, 15) is 9.59 Å². The van der Waals surface area contributed by atoms with Gasteiger partial charge < -0.3 is 4.74 Å². The number of carbonyl (C=O) groups excluding carboxylic acids is 2. The monoisotopic (exact) mass is 260 g/mol. The number of esters is 1. The predicted octanol–water partition coefficient (Wildman–Crippen LogP) is 3.12. The van der Waals surface area contributed by atoms with Crippen LogP contribution in [0.2, 0.25) is 0 Å². The fourth-order valence-electron chi connectivity index (χ4n) is 3.25. The summed E-state index contributed by atoms with van der Waals surface area (Å²) >= 11 is 0. The molecule has 2 aliphatic rings. The molecule has 0 radical (unpaired) electrons. The highest BCUT2D eigenvalue weighted by molar-refractivity contribution is 5.97. The maximum absolute atomic E-state index is 11.9. The zero-order chi connectivity index (χ0) is 14.0. The smallest absolute Gasteiger partial charge is 0.302 e. The molecule has 3 nitrogen and oxygen atoms in total. The molecule has 0 aromatic heterocycles. The molecule has 0 N–H and O–H groups in total. The van der Waals surface area contributed by atoms with Crippen LogP contribution in [0.15, 0.2) is 35.5 Å². The first-order chi connectivity index (χ1) is 9.01. The van der Waals surface area contributed by atoms with Crippen molar-refractivity contribution >= 4 is 11.8 Å². The molecule has 1 atom stereocenters. The summed E-state index contributed by atoms with van der Waals surface area (Å²) in [6, 6.07) is 0. The fourth-order valence-corrected chi connectivity index (χ4v) is 3.25.